The van der Waals surface area contributed by atoms with Gasteiger partial charge in [-0.05, 0) is 30.7 Å². The Morgan fingerprint density at radius 2 is 2.11 bits per heavy atom. The van der Waals surface area contributed by atoms with Gasteiger partial charge in [0, 0.05) is 10.9 Å². The van der Waals surface area contributed by atoms with Gasteiger partial charge < -0.3 is 9.84 Å². The van der Waals surface area contributed by atoms with Gasteiger partial charge in [0.25, 0.3) is 0 Å². The van der Waals surface area contributed by atoms with Crippen LogP contribution in [0.25, 0.3) is 10.6 Å². The molecule has 0 atom stereocenters. The minimum Gasteiger partial charge on any atom is -0.494 e. The summed E-state index contributed by atoms with van der Waals surface area (Å²) in [4.78, 5) is 14.8. The van der Waals surface area contributed by atoms with E-state index in [0.717, 1.165) is 17.7 Å². The number of aromatic nitrogens is 1. The Hall–Kier alpha value is -1.88. The van der Waals surface area contributed by atoms with E-state index in [-0.39, 0.29) is 5.69 Å². The molecule has 0 unspecified atom stereocenters. The van der Waals surface area contributed by atoms with Crippen LogP contribution in [0.5, 0.6) is 5.75 Å². The third kappa shape index (κ3) is 2.87. The first-order valence-corrected chi connectivity index (χ1v) is 6.50. The topological polar surface area (TPSA) is 59.4 Å². The Kier molecular flexibility index (Phi) is 3.94. The third-order valence-corrected chi connectivity index (χ3v) is 3.19. The summed E-state index contributed by atoms with van der Waals surface area (Å²) in [6.45, 7) is 2.75. The molecule has 0 amide bonds. The van der Waals surface area contributed by atoms with Crippen LogP contribution in [-0.4, -0.2) is 22.7 Å². The van der Waals surface area contributed by atoms with Crippen LogP contribution in [0.15, 0.2) is 29.6 Å². The summed E-state index contributed by atoms with van der Waals surface area (Å²) >= 11 is 1.32. The van der Waals surface area contributed by atoms with E-state index < -0.39 is 5.97 Å². The predicted molar refractivity (Wildman–Crippen MR) is 70.3 cm³/mol. The van der Waals surface area contributed by atoms with E-state index in [4.69, 9.17) is 9.84 Å². The number of thiazole rings is 1. The molecule has 1 heterocycles. The molecular weight excluding hydrogens is 250 g/mol. The van der Waals surface area contributed by atoms with Crippen LogP contribution in [0.2, 0.25) is 0 Å². The molecule has 0 aliphatic carbocycles. The summed E-state index contributed by atoms with van der Waals surface area (Å²) in [6.07, 6.45) is 0.968. The first kappa shape index (κ1) is 12.6. The number of carboxylic acid groups (broad SMARTS) is 1. The van der Waals surface area contributed by atoms with E-state index in [2.05, 4.69) is 11.9 Å². The van der Waals surface area contributed by atoms with Crippen molar-refractivity contribution in [2.24, 2.45) is 0 Å². The highest BCUT2D eigenvalue weighted by molar-refractivity contribution is 7.13. The molecule has 0 radical (unpaired) electrons. The maximum atomic E-state index is 10.7. The Morgan fingerprint density at radius 3 is 2.67 bits per heavy atom. The van der Waals surface area contributed by atoms with Gasteiger partial charge >= 0.3 is 5.97 Å². The normalized spacial score (nSPS) is 10.3. The van der Waals surface area contributed by atoms with Gasteiger partial charge in [-0.3, -0.25) is 0 Å². The highest BCUT2D eigenvalue weighted by Crippen LogP contribution is 2.25. The zero-order chi connectivity index (χ0) is 13.0. The summed E-state index contributed by atoms with van der Waals surface area (Å²) in [6, 6.07) is 7.50. The number of ether oxygens (including phenoxy) is 1. The number of carbonyl (C=O) groups is 1. The fourth-order valence-electron chi connectivity index (χ4n) is 1.42. The molecule has 0 saturated heterocycles. The highest BCUT2D eigenvalue weighted by atomic mass is 32.1. The molecule has 94 valence electrons. The van der Waals surface area contributed by atoms with Gasteiger partial charge in [-0.15, -0.1) is 11.3 Å². The Labute approximate surface area is 109 Å². The summed E-state index contributed by atoms with van der Waals surface area (Å²) < 4.78 is 5.48. The minimum atomic E-state index is -1.000. The van der Waals surface area contributed by atoms with Gasteiger partial charge in [0.15, 0.2) is 5.69 Å². The van der Waals surface area contributed by atoms with Crippen LogP contribution < -0.4 is 4.74 Å². The number of aromatic carboxylic acids is 1. The third-order valence-electron chi connectivity index (χ3n) is 2.30. The number of carboxylic acids is 1. The number of hydrogen-bond donors (Lipinski definition) is 1. The zero-order valence-corrected chi connectivity index (χ0v) is 10.7. The monoisotopic (exact) mass is 263 g/mol. The Morgan fingerprint density at radius 1 is 1.39 bits per heavy atom. The largest absolute Gasteiger partial charge is 0.494 e. The standard InChI is InChI=1S/C13H13NO3S/c1-2-7-17-10-5-3-9(4-6-10)12-14-11(8-18-12)13(15)16/h3-6,8H,2,7H2,1H3,(H,15,16). The smallest absolute Gasteiger partial charge is 0.355 e. The van der Waals surface area contributed by atoms with Crippen molar-refractivity contribution in [3.63, 3.8) is 0 Å². The molecular formula is C13H13NO3S. The first-order chi connectivity index (χ1) is 8.70. The molecule has 0 aliphatic rings. The van der Waals surface area contributed by atoms with E-state index in [1.54, 1.807) is 5.38 Å². The van der Waals surface area contributed by atoms with Crippen molar-refractivity contribution in [2.75, 3.05) is 6.61 Å². The fourth-order valence-corrected chi connectivity index (χ4v) is 2.22. The van der Waals surface area contributed by atoms with Crippen molar-refractivity contribution in [3.8, 4) is 16.3 Å². The van der Waals surface area contributed by atoms with Gasteiger partial charge in [-0.1, -0.05) is 6.92 Å². The SMILES string of the molecule is CCCOc1ccc(-c2nc(C(=O)O)cs2)cc1. The molecule has 1 aromatic heterocycles. The average Bonchev–Trinajstić information content (AvgIpc) is 2.87. The van der Waals surface area contributed by atoms with Gasteiger partial charge in [0.05, 0.1) is 6.61 Å². The van der Waals surface area contributed by atoms with Gasteiger partial charge in [0.2, 0.25) is 0 Å². The van der Waals surface area contributed by atoms with Crippen LogP contribution in [-0.2, 0) is 0 Å². The molecule has 0 aliphatic heterocycles. The molecule has 18 heavy (non-hydrogen) atoms. The molecule has 0 fully saturated rings. The lowest BCUT2D eigenvalue weighted by molar-refractivity contribution is 0.0691. The second kappa shape index (κ2) is 5.64. The predicted octanol–water partition coefficient (Wildman–Crippen LogP) is 3.30. The lowest BCUT2D eigenvalue weighted by atomic mass is 10.2. The number of nitrogens with zero attached hydrogens (tertiary/aromatic N) is 1. The van der Waals surface area contributed by atoms with E-state index in [9.17, 15) is 4.79 Å². The van der Waals surface area contributed by atoms with Crippen LogP contribution in [0, 0.1) is 0 Å². The van der Waals surface area contributed by atoms with Crippen molar-refractivity contribution in [1.82, 2.24) is 4.98 Å². The molecule has 0 bridgehead atoms. The molecule has 0 saturated carbocycles. The van der Waals surface area contributed by atoms with Crippen LogP contribution >= 0.6 is 11.3 Å². The van der Waals surface area contributed by atoms with Crippen molar-refractivity contribution in [3.05, 3.63) is 35.3 Å². The maximum absolute atomic E-state index is 10.7. The summed E-state index contributed by atoms with van der Waals surface area (Å²) in [7, 11) is 0. The number of hydrogen-bond acceptors (Lipinski definition) is 4. The number of rotatable bonds is 5. The quantitative estimate of drug-likeness (QED) is 0.899. The second-order valence-electron chi connectivity index (χ2n) is 3.72. The lowest BCUT2D eigenvalue weighted by Gasteiger charge is -2.04. The second-order valence-corrected chi connectivity index (χ2v) is 4.57. The minimum absolute atomic E-state index is 0.0845. The van der Waals surface area contributed by atoms with Crippen molar-refractivity contribution >= 4 is 17.3 Å². The van der Waals surface area contributed by atoms with E-state index in [1.165, 1.54) is 11.3 Å². The van der Waals surface area contributed by atoms with Gasteiger partial charge in [0.1, 0.15) is 10.8 Å². The van der Waals surface area contributed by atoms with Crippen molar-refractivity contribution in [2.45, 2.75) is 13.3 Å². The molecule has 2 aromatic rings. The maximum Gasteiger partial charge on any atom is 0.355 e. The number of benzene rings is 1. The van der Waals surface area contributed by atoms with Crippen molar-refractivity contribution < 1.29 is 14.6 Å². The zero-order valence-electron chi connectivity index (χ0n) is 9.92. The van der Waals surface area contributed by atoms with Crippen molar-refractivity contribution in [1.29, 1.82) is 0 Å². The fraction of sp³-hybridized carbons (Fsp3) is 0.231. The van der Waals surface area contributed by atoms with Crippen LogP contribution in [0.3, 0.4) is 0 Å². The molecule has 2 rings (SSSR count). The Balaban J connectivity index is 2.15. The van der Waals surface area contributed by atoms with E-state index in [0.29, 0.717) is 11.6 Å². The lowest BCUT2D eigenvalue weighted by Crippen LogP contribution is -1.96. The molecule has 5 heteroatoms. The summed E-state index contributed by atoms with van der Waals surface area (Å²) in [5.74, 6) is -0.184. The average molecular weight is 263 g/mol. The molecule has 4 nitrogen and oxygen atoms in total. The molecule has 1 aromatic carbocycles. The molecule has 1 N–H and O–H groups in total. The molecule has 0 spiro atoms. The van der Waals surface area contributed by atoms with Crippen LogP contribution in [0.1, 0.15) is 23.8 Å². The summed E-state index contributed by atoms with van der Waals surface area (Å²) in [5, 5.41) is 11.1. The van der Waals surface area contributed by atoms with E-state index >= 15 is 0 Å². The van der Waals surface area contributed by atoms with Gasteiger partial charge in [-0.25, -0.2) is 9.78 Å². The van der Waals surface area contributed by atoms with Crippen LogP contribution in [0.4, 0.5) is 0 Å². The first-order valence-electron chi connectivity index (χ1n) is 5.62. The van der Waals surface area contributed by atoms with Gasteiger partial charge in [-0.2, -0.15) is 0 Å². The highest BCUT2D eigenvalue weighted by Gasteiger charge is 2.09. The summed E-state index contributed by atoms with van der Waals surface area (Å²) in [5.41, 5.74) is 0.984. The Bertz CT molecular complexity index is 533. The van der Waals surface area contributed by atoms with E-state index in [1.807, 2.05) is 24.3 Å².